The van der Waals surface area contributed by atoms with Gasteiger partial charge in [-0.1, -0.05) is 38.1 Å². The van der Waals surface area contributed by atoms with Gasteiger partial charge >= 0.3 is 0 Å². The van der Waals surface area contributed by atoms with Crippen LogP contribution in [0.2, 0.25) is 0 Å². The van der Waals surface area contributed by atoms with Gasteiger partial charge in [0, 0.05) is 18.1 Å². The fourth-order valence-corrected chi connectivity index (χ4v) is 2.55. The SMILES string of the molecule is CC(C)Cc1ccc2cc(-n3cccc3)ccc2c1. The van der Waals surface area contributed by atoms with Crippen molar-refractivity contribution in [2.45, 2.75) is 20.3 Å². The van der Waals surface area contributed by atoms with Crippen molar-refractivity contribution in [1.29, 1.82) is 0 Å². The van der Waals surface area contributed by atoms with E-state index in [0.717, 1.165) is 6.42 Å². The molecule has 19 heavy (non-hydrogen) atoms. The Kier molecular flexibility index (Phi) is 3.12. The highest BCUT2D eigenvalue weighted by atomic mass is 14.9. The molecule has 0 bridgehead atoms. The normalized spacial score (nSPS) is 11.3. The van der Waals surface area contributed by atoms with Gasteiger partial charge < -0.3 is 4.57 Å². The Hall–Kier alpha value is -2.02. The van der Waals surface area contributed by atoms with Crippen LogP contribution in [-0.2, 0) is 6.42 Å². The Morgan fingerprint density at radius 3 is 2.32 bits per heavy atom. The van der Waals surface area contributed by atoms with Crippen LogP contribution in [-0.4, -0.2) is 4.57 Å². The summed E-state index contributed by atoms with van der Waals surface area (Å²) in [7, 11) is 0. The maximum absolute atomic E-state index is 2.31. The van der Waals surface area contributed by atoms with Crippen molar-refractivity contribution in [2.75, 3.05) is 0 Å². The van der Waals surface area contributed by atoms with Gasteiger partial charge in [0.15, 0.2) is 0 Å². The molecule has 3 aromatic rings. The number of rotatable bonds is 3. The summed E-state index contributed by atoms with van der Waals surface area (Å²) in [6, 6.07) is 17.5. The maximum atomic E-state index is 2.31. The van der Waals surface area contributed by atoms with Crippen LogP contribution in [0.15, 0.2) is 60.9 Å². The minimum Gasteiger partial charge on any atom is -0.324 e. The summed E-state index contributed by atoms with van der Waals surface area (Å²) in [5.41, 5.74) is 2.64. The van der Waals surface area contributed by atoms with E-state index in [-0.39, 0.29) is 0 Å². The molecular weight excluding hydrogens is 230 g/mol. The molecule has 0 radical (unpaired) electrons. The number of fused-ring (bicyclic) bond motifs is 1. The minimum absolute atomic E-state index is 0.705. The van der Waals surface area contributed by atoms with Crippen LogP contribution in [0.4, 0.5) is 0 Å². The van der Waals surface area contributed by atoms with E-state index in [1.165, 1.54) is 22.0 Å². The summed E-state index contributed by atoms with van der Waals surface area (Å²) < 4.78 is 2.14. The third-order valence-electron chi connectivity index (χ3n) is 3.43. The summed E-state index contributed by atoms with van der Waals surface area (Å²) in [6.45, 7) is 4.53. The van der Waals surface area contributed by atoms with E-state index in [2.05, 4.69) is 79.3 Å². The van der Waals surface area contributed by atoms with E-state index < -0.39 is 0 Å². The second-order valence-corrected chi connectivity index (χ2v) is 5.55. The molecule has 0 aliphatic rings. The summed E-state index contributed by atoms with van der Waals surface area (Å²) in [5, 5.41) is 2.63. The molecule has 0 atom stereocenters. The van der Waals surface area contributed by atoms with Crippen molar-refractivity contribution < 1.29 is 0 Å². The standard InChI is InChI=1S/C18H19N/c1-14(2)11-15-5-6-17-13-18(8-7-16(17)12-15)19-9-3-4-10-19/h3-10,12-14H,11H2,1-2H3. The average Bonchev–Trinajstić information content (AvgIpc) is 2.91. The highest BCUT2D eigenvalue weighted by Crippen LogP contribution is 2.21. The number of aromatic nitrogens is 1. The van der Waals surface area contributed by atoms with Crippen molar-refractivity contribution in [3.8, 4) is 5.69 Å². The van der Waals surface area contributed by atoms with Gasteiger partial charge in [-0.05, 0) is 52.9 Å². The Bertz CT molecular complexity index is 678. The highest BCUT2D eigenvalue weighted by molar-refractivity contribution is 5.85. The largest absolute Gasteiger partial charge is 0.324 e. The molecular formula is C18H19N. The summed E-state index contributed by atoms with van der Waals surface area (Å²) in [6.07, 6.45) is 5.30. The quantitative estimate of drug-likeness (QED) is 0.626. The Labute approximate surface area is 114 Å². The van der Waals surface area contributed by atoms with Crippen molar-refractivity contribution in [1.82, 2.24) is 4.57 Å². The van der Waals surface area contributed by atoms with E-state index in [4.69, 9.17) is 0 Å². The molecule has 0 aliphatic heterocycles. The van der Waals surface area contributed by atoms with Crippen LogP contribution in [0.25, 0.3) is 16.5 Å². The number of benzene rings is 2. The van der Waals surface area contributed by atoms with Gasteiger partial charge in [0.05, 0.1) is 0 Å². The van der Waals surface area contributed by atoms with Gasteiger partial charge in [0.1, 0.15) is 0 Å². The third-order valence-corrected chi connectivity index (χ3v) is 3.43. The second kappa shape index (κ2) is 4.93. The maximum Gasteiger partial charge on any atom is 0.0455 e. The zero-order valence-electron chi connectivity index (χ0n) is 11.5. The van der Waals surface area contributed by atoms with Crippen LogP contribution >= 0.6 is 0 Å². The first-order valence-corrected chi connectivity index (χ1v) is 6.88. The van der Waals surface area contributed by atoms with Crippen LogP contribution in [0.5, 0.6) is 0 Å². The van der Waals surface area contributed by atoms with Crippen LogP contribution in [0, 0.1) is 5.92 Å². The van der Waals surface area contributed by atoms with Crippen molar-refractivity contribution >= 4 is 10.8 Å². The highest BCUT2D eigenvalue weighted by Gasteiger charge is 2.01. The number of hydrogen-bond acceptors (Lipinski definition) is 0. The number of nitrogens with zero attached hydrogens (tertiary/aromatic N) is 1. The van der Waals surface area contributed by atoms with Gasteiger partial charge in [-0.3, -0.25) is 0 Å². The molecule has 1 heterocycles. The molecule has 0 amide bonds. The molecule has 2 aromatic carbocycles. The Balaban J connectivity index is 2.01. The molecule has 1 nitrogen and oxygen atoms in total. The predicted octanol–water partition coefficient (Wildman–Crippen LogP) is 4.83. The molecule has 96 valence electrons. The molecule has 0 saturated carbocycles. The van der Waals surface area contributed by atoms with Gasteiger partial charge in [-0.25, -0.2) is 0 Å². The van der Waals surface area contributed by atoms with E-state index in [0.29, 0.717) is 5.92 Å². The predicted molar refractivity (Wildman–Crippen MR) is 81.8 cm³/mol. The first kappa shape index (κ1) is 12.0. The monoisotopic (exact) mass is 249 g/mol. The zero-order chi connectivity index (χ0) is 13.2. The summed E-state index contributed by atoms with van der Waals surface area (Å²) >= 11 is 0. The van der Waals surface area contributed by atoms with Gasteiger partial charge in [-0.2, -0.15) is 0 Å². The zero-order valence-corrected chi connectivity index (χ0v) is 11.5. The molecule has 1 heteroatoms. The molecule has 0 fully saturated rings. The van der Waals surface area contributed by atoms with Gasteiger partial charge in [-0.15, -0.1) is 0 Å². The van der Waals surface area contributed by atoms with Crippen LogP contribution in [0.1, 0.15) is 19.4 Å². The van der Waals surface area contributed by atoms with Crippen molar-refractivity contribution in [2.24, 2.45) is 5.92 Å². The molecule has 0 spiro atoms. The van der Waals surface area contributed by atoms with Gasteiger partial charge in [0.25, 0.3) is 0 Å². The van der Waals surface area contributed by atoms with E-state index in [1.807, 2.05) is 0 Å². The lowest BCUT2D eigenvalue weighted by Gasteiger charge is -2.08. The summed E-state index contributed by atoms with van der Waals surface area (Å²) in [5.74, 6) is 0.705. The lowest BCUT2D eigenvalue weighted by Crippen LogP contribution is -1.94. The van der Waals surface area contributed by atoms with E-state index in [1.54, 1.807) is 0 Å². The first-order chi connectivity index (χ1) is 9.22. The van der Waals surface area contributed by atoms with Crippen LogP contribution in [0.3, 0.4) is 0 Å². The smallest absolute Gasteiger partial charge is 0.0455 e. The van der Waals surface area contributed by atoms with Crippen molar-refractivity contribution in [3.05, 3.63) is 66.5 Å². The molecule has 3 rings (SSSR count). The molecule has 0 N–H and O–H groups in total. The van der Waals surface area contributed by atoms with Gasteiger partial charge in [0.2, 0.25) is 0 Å². The molecule has 0 aliphatic carbocycles. The van der Waals surface area contributed by atoms with E-state index in [9.17, 15) is 0 Å². The molecule has 0 saturated heterocycles. The third kappa shape index (κ3) is 2.55. The fourth-order valence-electron chi connectivity index (χ4n) is 2.55. The summed E-state index contributed by atoms with van der Waals surface area (Å²) in [4.78, 5) is 0. The van der Waals surface area contributed by atoms with Crippen LogP contribution < -0.4 is 0 Å². The lowest BCUT2D eigenvalue weighted by atomic mass is 9.99. The fraction of sp³-hybridized carbons (Fsp3) is 0.222. The topological polar surface area (TPSA) is 4.93 Å². The minimum atomic E-state index is 0.705. The lowest BCUT2D eigenvalue weighted by molar-refractivity contribution is 0.648. The Morgan fingerprint density at radius 2 is 1.58 bits per heavy atom. The average molecular weight is 249 g/mol. The second-order valence-electron chi connectivity index (χ2n) is 5.55. The van der Waals surface area contributed by atoms with Crippen molar-refractivity contribution in [3.63, 3.8) is 0 Å². The van der Waals surface area contributed by atoms with E-state index >= 15 is 0 Å². The number of hydrogen-bond donors (Lipinski definition) is 0. The Morgan fingerprint density at radius 1 is 0.895 bits per heavy atom. The molecule has 0 unspecified atom stereocenters. The first-order valence-electron chi connectivity index (χ1n) is 6.88. The molecule has 1 aromatic heterocycles.